The van der Waals surface area contributed by atoms with Gasteiger partial charge in [0.05, 0.1) is 0 Å². The van der Waals surface area contributed by atoms with Crippen molar-refractivity contribution in [1.82, 2.24) is 0 Å². The van der Waals surface area contributed by atoms with Crippen LogP contribution in [0.5, 0.6) is 5.75 Å². The van der Waals surface area contributed by atoms with Crippen molar-refractivity contribution in [1.29, 1.82) is 0 Å². The molecule has 0 radical (unpaired) electrons. The van der Waals surface area contributed by atoms with Crippen LogP contribution in [0.2, 0.25) is 0 Å². The van der Waals surface area contributed by atoms with E-state index in [9.17, 15) is 4.79 Å². The molecule has 1 atom stereocenters. The quantitative estimate of drug-likeness (QED) is 0.243. The maximum Gasteiger partial charge on any atom is 0.194 e. The van der Waals surface area contributed by atoms with E-state index in [-0.39, 0.29) is 11.3 Å². The molecule has 2 N–H and O–H groups in total. The lowest BCUT2D eigenvalue weighted by Gasteiger charge is -2.28. The normalized spacial score (nSPS) is 12.8. The Hall–Kier alpha value is -2.56. The summed E-state index contributed by atoms with van der Waals surface area (Å²) in [5.74, 6) is 1.55. The molecule has 3 rings (SSSR count). The average molecular weight is 448 g/mol. The minimum atomic E-state index is -0.241. The number of thioether (sulfide) groups is 1. The Balaban J connectivity index is 1.84. The number of carbonyl (C=O) groups is 1. The summed E-state index contributed by atoms with van der Waals surface area (Å²) >= 11 is 1.66. The second-order valence-corrected chi connectivity index (χ2v) is 9.25. The predicted molar refractivity (Wildman–Crippen MR) is 135 cm³/mol. The summed E-state index contributed by atoms with van der Waals surface area (Å²) in [6.45, 7) is 4.82. The van der Waals surface area contributed by atoms with E-state index in [0.717, 1.165) is 47.6 Å². The first kappa shape index (κ1) is 24.1. The first-order valence-electron chi connectivity index (χ1n) is 11.4. The smallest absolute Gasteiger partial charge is 0.194 e. The van der Waals surface area contributed by atoms with Crippen molar-refractivity contribution in [2.75, 3.05) is 5.75 Å². The van der Waals surface area contributed by atoms with Gasteiger partial charge in [0.1, 0.15) is 12.4 Å². The second-order valence-electron chi connectivity index (χ2n) is 8.24. The van der Waals surface area contributed by atoms with Crippen LogP contribution >= 0.6 is 11.8 Å². The van der Waals surface area contributed by atoms with Gasteiger partial charge in [-0.15, -0.1) is 11.8 Å². The van der Waals surface area contributed by atoms with Crippen LogP contribution in [0.1, 0.15) is 61.0 Å². The summed E-state index contributed by atoms with van der Waals surface area (Å²) in [5, 5.41) is 0. The number of unbranched alkanes of at least 4 members (excludes halogenated alkanes) is 1. The van der Waals surface area contributed by atoms with Gasteiger partial charge in [-0.2, -0.15) is 0 Å². The number of nitrogens with two attached hydrogens (primary N) is 1. The lowest BCUT2D eigenvalue weighted by Crippen LogP contribution is -2.41. The van der Waals surface area contributed by atoms with Crippen molar-refractivity contribution in [3.63, 3.8) is 0 Å². The number of hydrogen-bond acceptors (Lipinski definition) is 4. The van der Waals surface area contributed by atoms with Crippen LogP contribution in [-0.2, 0) is 6.61 Å². The van der Waals surface area contributed by atoms with E-state index in [1.54, 1.807) is 11.8 Å². The van der Waals surface area contributed by atoms with Gasteiger partial charge in [-0.1, -0.05) is 87.4 Å². The molecule has 0 saturated carbocycles. The third-order valence-electron chi connectivity index (χ3n) is 5.73. The number of ether oxygens (including phenoxy) is 1. The molecule has 0 fully saturated rings. The van der Waals surface area contributed by atoms with Gasteiger partial charge >= 0.3 is 0 Å². The number of benzene rings is 3. The molecular formula is C28H33NO2S. The molecule has 0 saturated heterocycles. The van der Waals surface area contributed by atoms with E-state index in [1.165, 1.54) is 0 Å². The highest BCUT2D eigenvalue weighted by molar-refractivity contribution is 7.99. The van der Waals surface area contributed by atoms with E-state index in [0.29, 0.717) is 17.7 Å². The van der Waals surface area contributed by atoms with Gasteiger partial charge in [0, 0.05) is 27.3 Å². The summed E-state index contributed by atoms with van der Waals surface area (Å²) in [7, 11) is 0. The van der Waals surface area contributed by atoms with Gasteiger partial charge in [0.15, 0.2) is 5.78 Å². The molecule has 0 aliphatic carbocycles. The molecule has 0 heterocycles. The van der Waals surface area contributed by atoms with Crippen LogP contribution in [0.4, 0.5) is 0 Å². The van der Waals surface area contributed by atoms with Crippen LogP contribution < -0.4 is 10.5 Å². The topological polar surface area (TPSA) is 52.3 Å². The Labute approximate surface area is 196 Å². The number of carbonyl (C=O) groups excluding carboxylic acids is 1. The molecular weight excluding hydrogens is 414 g/mol. The third kappa shape index (κ3) is 6.72. The molecule has 3 aromatic carbocycles. The highest BCUT2D eigenvalue weighted by atomic mass is 32.2. The molecule has 1 unspecified atom stereocenters. The lowest BCUT2D eigenvalue weighted by atomic mass is 9.93. The SMILES string of the molecule is CCCCC(N)(CC)CSc1cc(OCc2ccccc2)ccc1C(=O)c1ccccc1. The zero-order valence-corrected chi connectivity index (χ0v) is 19.9. The van der Waals surface area contributed by atoms with Gasteiger partial charge in [0.25, 0.3) is 0 Å². The van der Waals surface area contributed by atoms with Gasteiger partial charge in [0.2, 0.25) is 0 Å². The molecule has 3 aromatic rings. The zero-order valence-electron chi connectivity index (χ0n) is 19.1. The van der Waals surface area contributed by atoms with Crippen LogP contribution in [-0.4, -0.2) is 17.1 Å². The maximum atomic E-state index is 13.2. The van der Waals surface area contributed by atoms with E-state index in [4.69, 9.17) is 10.5 Å². The number of hydrogen-bond donors (Lipinski definition) is 1. The Morgan fingerprint density at radius 3 is 2.31 bits per heavy atom. The summed E-state index contributed by atoms with van der Waals surface area (Å²) in [6.07, 6.45) is 4.14. The van der Waals surface area contributed by atoms with Crippen LogP contribution in [0, 0.1) is 0 Å². The molecule has 32 heavy (non-hydrogen) atoms. The average Bonchev–Trinajstić information content (AvgIpc) is 2.86. The van der Waals surface area contributed by atoms with E-state index < -0.39 is 0 Å². The largest absolute Gasteiger partial charge is 0.489 e. The maximum absolute atomic E-state index is 13.2. The van der Waals surface area contributed by atoms with Gasteiger partial charge in [-0.3, -0.25) is 4.79 Å². The Bertz CT molecular complexity index is 991. The molecule has 4 heteroatoms. The van der Waals surface area contributed by atoms with Crippen LogP contribution in [0.15, 0.2) is 83.8 Å². The first-order chi connectivity index (χ1) is 15.5. The standard InChI is InChI=1S/C28H33NO2S/c1-3-5-18-28(29,4-2)21-32-26-19-24(31-20-22-12-8-6-9-13-22)16-17-25(26)27(30)23-14-10-7-11-15-23/h6-17,19H,3-5,18,20-21,29H2,1-2H3. The van der Waals surface area contributed by atoms with Gasteiger partial charge in [-0.25, -0.2) is 0 Å². The lowest BCUT2D eigenvalue weighted by molar-refractivity contribution is 0.103. The van der Waals surface area contributed by atoms with Crippen LogP contribution in [0.3, 0.4) is 0 Å². The highest BCUT2D eigenvalue weighted by Gasteiger charge is 2.24. The molecule has 168 valence electrons. The van der Waals surface area contributed by atoms with Crippen molar-refractivity contribution in [3.05, 3.63) is 95.6 Å². The fourth-order valence-electron chi connectivity index (χ4n) is 3.49. The molecule has 0 aliphatic heterocycles. The summed E-state index contributed by atoms with van der Waals surface area (Å²) in [4.78, 5) is 14.2. The first-order valence-corrected chi connectivity index (χ1v) is 12.4. The van der Waals surface area contributed by atoms with Crippen molar-refractivity contribution >= 4 is 17.5 Å². The third-order valence-corrected chi connectivity index (χ3v) is 7.10. The second kappa shape index (κ2) is 11.9. The Morgan fingerprint density at radius 2 is 1.66 bits per heavy atom. The minimum Gasteiger partial charge on any atom is -0.489 e. The molecule has 3 nitrogen and oxygen atoms in total. The van der Waals surface area contributed by atoms with E-state index in [2.05, 4.69) is 13.8 Å². The van der Waals surface area contributed by atoms with Crippen molar-refractivity contribution < 1.29 is 9.53 Å². The summed E-state index contributed by atoms with van der Waals surface area (Å²) in [6, 6.07) is 25.3. The molecule has 0 spiro atoms. The fourth-order valence-corrected chi connectivity index (χ4v) is 4.79. The Kier molecular flexibility index (Phi) is 8.95. The number of rotatable bonds is 12. The molecule has 0 amide bonds. The van der Waals surface area contributed by atoms with E-state index >= 15 is 0 Å². The molecule has 0 aromatic heterocycles. The fraction of sp³-hybridized carbons (Fsp3) is 0.321. The van der Waals surface area contributed by atoms with E-state index in [1.807, 2.05) is 78.9 Å². The van der Waals surface area contributed by atoms with Gasteiger partial charge < -0.3 is 10.5 Å². The minimum absolute atomic E-state index is 0.0235. The van der Waals surface area contributed by atoms with Gasteiger partial charge in [-0.05, 0) is 36.6 Å². The predicted octanol–water partition coefficient (Wildman–Crippen LogP) is 6.89. The summed E-state index contributed by atoms with van der Waals surface area (Å²) < 4.78 is 6.04. The molecule has 0 bridgehead atoms. The van der Waals surface area contributed by atoms with Crippen LogP contribution in [0.25, 0.3) is 0 Å². The summed E-state index contributed by atoms with van der Waals surface area (Å²) in [5.41, 5.74) is 8.96. The zero-order chi connectivity index (χ0) is 22.8. The van der Waals surface area contributed by atoms with Crippen molar-refractivity contribution in [2.45, 2.75) is 56.6 Å². The number of ketones is 1. The highest BCUT2D eigenvalue weighted by Crippen LogP contribution is 2.33. The molecule has 0 aliphatic rings. The monoisotopic (exact) mass is 447 g/mol. The Morgan fingerprint density at radius 1 is 0.969 bits per heavy atom. The van der Waals surface area contributed by atoms with Crippen molar-refractivity contribution in [2.24, 2.45) is 5.73 Å². The van der Waals surface area contributed by atoms with Crippen molar-refractivity contribution in [3.8, 4) is 5.75 Å².